The number of halogens is 1. The quantitative estimate of drug-likeness (QED) is 0.898. The van der Waals surface area contributed by atoms with E-state index in [9.17, 15) is 4.79 Å². The van der Waals surface area contributed by atoms with Gasteiger partial charge in [0.1, 0.15) is 6.04 Å². The second-order valence-corrected chi connectivity index (χ2v) is 7.19. The molecule has 112 valence electrons. The van der Waals surface area contributed by atoms with E-state index in [4.69, 9.17) is 5.73 Å². The largest absolute Gasteiger partial charge is 0.353 e. The summed E-state index contributed by atoms with van der Waals surface area (Å²) in [4.78, 5) is 12.1. The minimum Gasteiger partial charge on any atom is -0.353 e. The zero-order valence-electron chi connectivity index (χ0n) is 12.0. The van der Waals surface area contributed by atoms with E-state index in [2.05, 4.69) is 12.2 Å². The molecule has 0 bridgehead atoms. The zero-order chi connectivity index (χ0) is 13.9. The Morgan fingerprint density at radius 1 is 1.45 bits per heavy atom. The molecule has 1 saturated heterocycles. The number of hydrogen-bond donors (Lipinski definition) is 2. The van der Waals surface area contributed by atoms with Gasteiger partial charge in [-0.3, -0.25) is 4.79 Å². The van der Waals surface area contributed by atoms with Gasteiger partial charge in [-0.25, -0.2) is 0 Å². The Labute approximate surface area is 131 Å². The lowest BCUT2D eigenvalue weighted by Gasteiger charge is -2.24. The topological polar surface area (TPSA) is 55.1 Å². The van der Waals surface area contributed by atoms with Crippen LogP contribution in [0, 0.1) is 6.92 Å². The van der Waals surface area contributed by atoms with Crippen LogP contribution in [0.1, 0.15) is 36.9 Å². The Hall–Kier alpha value is -0.710. The highest BCUT2D eigenvalue weighted by Crippen LogP contribution is 2.37. The summed E-state index contributed by atoms with van der Waals surface area (Å²) in [5, 5.41) is 2.99. The van der Waals surface area contributed by atoms with Gasteiger partial charge >= 0.3 is 0 Å². The highest BCUT2D eigenvalue weighted by atomic mass is 35.5. The standard InChI is InChI=1S/C15H22N2OS.ClH/c1-11-4-6-12(7-5-11)13(16)14(18)17-10-15(2)8-3-9-19-15;/h4-7,13H,3,8-10,16H2,1-2H3,(H,17,18);1H. The van der Waals surface area contributed by atoms with E-state index in [0.717, 1.165) is 12.0 Å². The van der Waals surface area contributed by atoms with Crippen LogP contribution in [-0.4, -0.2) is 23.0 Å². The summed E-state index contributed by atoms with van der Waals surface area (Å²) in [7, 11) is 0. The molecule has 2 atom stereocenters. The Bertz CT molecular complexity index is 444. The van der Waals surface area contributed by atoms with Crippen LogP contribution >= 0.6 is 24.2 Å². The first kappa shape index (κ1) is 17.3. The van der Waals surface area contributed by atoms with E-state index in [-0.39, 0.29) is 23.1 Å². The second-order valence-electron chi connectivity index (χ2n) is 5.51. The molecule has 3 nitrogen and oxygen atoms in total. The van der Waals surface area contributed by atoms with E-state index in [1.807, 2.05) is 43.0 Å². The van der Waals surface area contributed by atoms with Gasteiger partial charge in [-0.2, -0.15) is 11.8 Å². The zero-order valence-corrected chi connectivity index (χ0v) is 13.7. The number of hydrogen-bond acceptors (Lipinski definition) is 3. The Morgan fingerprint density at radius 2 is 2.10 bits per heavy atom. The monoisotopic (exact) mass is 314 g/mol. The maximum atomic E-state index is 12.1. The molecule has 1 heterocycles. The van der Waals surface area contributed by atoms with Gasteiger partial charge in [-0.05, 0) is 38.0 Å². The Balaban J connectivity index is 0.00000200. The summed E-state index contributed by atoms with van der Waals surface area (Å²) in [6.45, 7) is 4.94. The fourth-order valence-electron chi connectivity index (χ4n) is 2.29. The molecule has 3 N–H and O–H groups in total. The number of aryl methyl sites for hydroxylation is 1. The molecule has 1 aliphatic rings. The number of nitrogens with one attached hydrogen (secondary N) is 1. The number of carbonyl (C=O) groups excluding carboxylic acids is 1. The molecule has 5 heteroatoms. The van der Waals surface area contributed by atoms with Gasteiger partial charge in [0, 0.05) is 11.3 Å². The predicted octanol–water partition coefficient (Wildman–Crippen LogP) is 2.82. The van der Waals surface area contributed by atoms with Gasteiger partial charge in [-0.1, -0.05) is 29.8 Å². The van der Waals surface area contributed by atoms with Crippen molar-refractivity contribution in [3.05, 3.63) is 35.4 Å². The van der Waals surface area contributed by atoms with Gasteiger partial charge in [0.25, 0.3) is 0 Å². The number of benzene rings is 1. The number of carbonyl (C=O) groups is 1. The summed E-state index contributed by atoms with van der Waals surface area (Å²) in [6.07, 6.45) is 2.40. The molecular weight excluding hydrogens is 292 g/mol. The van der Waals surface area contributed by atoms with E-state index in [1.54, 1.807) is 0 Å². The van der Waals surface area contributed by atoms with Crippen molar-refractivity contribution in [3.63, 3.8) is 0 Å². The third-order valence-electron chi connectivity index (χ3n) is 3.66. The van der Waals surface area contributed by atoms with Crippen LogP contribution in [-0.2, 0) is 4.79 Å². The maximum absolute atomic E-state index is 12.1. The molecule has 0 spiro atoms. The summed E-state index contributed by atoms with van der Waals surface area (Å²) < 4.78 is 0.183. The molecule has 1 aliphatic heterocycles. The highest BCUT2D eigenvalue weighted by Gasteiger charge is 2.30. The van der Waals surface area contributed by atoms with Crippen LogP contribution in [0.25, 0.3) is 0 Å². The highest BCUT2D eigenvalue weighted by molar-refractivity contribution is 8.00. The molecule has 0 saturated carbocycles. The van der Waals surface area contributed by atoms with E-state index >= 15 is 0 Å². The molecule has 1 fully saturated rings. The normalized spacial score (nSPS) is 22.9. The van der Waals surface area contributed by atoms with Crippen LogP contribution < -0.4 is 11.1 Å². The van der Waals surface area contributed by atoms with Crippen LogP contribution in [0.2, 0.25) is 0 Å². The van der Waals surface area contributed by atoms with Gasteiger partial charge < -0.3 is 11.1 Å². The van der Waals surface area contributed by atoms with E-state index < -0.39 is 6.04 Å². The fourth-order valence-corrected chi connectivity index (χ4v) is 3.53. The average molecular weight is 315 g/mol. The van der Waals surface area contributed by atoms with Gasteiger partial charge in [0.2, 0.25) is 5.91 Å². The van der Waals surface area contributed by atoms with Crippen LogP contribution in [0.4, 0.5) is 0 Å². The van der Waals surface area contributed by atoms with Crippen molar-refractivity contribution in [1.82, 2.24) is 5.32 Å². The molecular formula is C15H23ClN2OS. The third-order valence-corrected chi connectivity index (χ3v) is 5.19. The number of nitrogens with two attached hydrogens (primary N) is 1. The third kappa shape index (κ3) is 4.40. The molecule has 0 aliphatic carbocycles. The van der Waals surface area contributed by atoms with Crippen molar-refractivity contribution in [2.75, 3.05) is 12.3 Å². The predicted molar refractivity (Wildman–Crippen MR) is 88.5 cm³/mol. The number of amides is 1. The van der Waals surface area contributed by atoms with Crippen LogP contribution in [0.5, 0.6) is 0 Å². The SMILES string of the molecule is Cc1ccc(C(N)C(=O)NCC2(C)CCCS2)cc1.Cl. The number of thioether (sulfide) groups is 1. The number of rotatable bonds is 4. The summed E-state index contributed by atoms with van der Waals surface area (Å²) >= 11 is 1.94. The van der Waals surface area contributed by atoms with Crippen molar-refractivity contribution in [2.24, 2.45) is 5.73 Å². The smallest absolute Gasteiger partial charge is 0.241 e. The fraction of sp³-hybridized carbons (Fsp3) is 0.533. The molecule has 2 rings (SSSR count). The molecule has 1 amide bonds. The lowest BCUT2D eigenvalue weighted by Crippen LogP contribution is -2.41. The Kier molecular flexibility index (Phi) is 6.37. The summed E-state index contributed by atoms with van der Waals surface area (Å²) in [6, 6.07) is 7.24. The van der Waals surface area contributed by atoms with Gasteiger partial charge in [0.15, 0.2) is 0 Å². The van der Waals surface area contributed by atoms with E-state index in [1.165, 1.54) is 17.7 Å². The molecule has 0 aromatic heterocycles. The van der Waals surface area contributed by atoms with Crippen molar-refractivity contribution in [3.8, 4) is 0 Å². The first-order valence-corrected chi connectivity index (χ1v) is 7.73. The molecule has 1 aromatic carbocycles. The first-order valence-electron chi connectivity index (χ1n) is 6.74. The second kappa shape index (κ2) is 7.34. The summed E-state index contributed by atoms with van der Waals surface area (Å²) in [5.74, 6) is 1.11. The minimum atomic E-state index is -0.574. The van der Waals surface area contributed by atoms with Crippen molar-refractivity contribution in [1.29, 1.82) is 0 Å². The first-order chi connectivity index (χ1) is 9.00. The van der Waals surface area contributed by atoms with Crippen LogP contribution in [0.3, 0.4) is 0 Å². The summed E-state index contributed by atoms with van der Waals surface area (Å²) in [5.41, 5.74) is 8.04. The lowest BCUT2D eigenvalue weighted by molar-refractivity contribution is -0.122. The Morgan fingerprint density at radius 3 is 2.65 bits per heavy atom. The molecule has 1 aromatic rings. The molecule has 20 heavy (non-hydrogen) atoms. The molecule has 2 unspecified atom stereocenters. The minimum absolute atomic E-state index is 0. The van der Waals surface area contributed by atoms with Crippen molar-refractivity contribution in [2.45, 2.75) is 37.5 Å². The van der Waals surface area contributed by atoms with Gasteiger partial charge in [-0.15, -0.1) is 12.4 Å². The van der Waals surface area contributed by atoms with Crippen LogP contribution in [0.15, 0.2) is 24.3 Å². The van der Waals surface area contributed by atoms with Crippen molar-refractivity contribution >= 4 is 30.1 Å². The van der Waals surface area contributed by atoms with E-state index in [0.29, 0.717) is 6.54 Å². The van der Waals surface area contributed by atoms with Crippen molar-refractivity contribution < 1.29 is 4.79 Å². The average Bonchev–Trinajstić information content (AvgIpc) is 2.83. The lowest BCUT2D eigenvalue weighted by atomic mass is 10.0. The van der Waals surface area contributed by atoms with Gasteiger partial charge in [0.05, 0.1) is 0 Å². The molecule has 0 radical (unpaired) electrons. The maximum Gasteiger partial charge on any atom is 0.241 e.